The summed E-state index contributed by atoms with van der Waals surface area (Å²) >= 11 is 0. The van der Waals surface area contributed by atoms with Crippen LogP contribution in [-0.2, 0) is 11.3 Å². The van der Waals surface area contributed by atoms with Gasteiger partial charge in [-0.1, -0.05) is 13.0 Å². The van der Waals surface area contributed by atoms with Crippen LogP contribution in [0, 0.1) is 0 Å². The summed E-state index contributed by atoms with van der Waals surface area (Å²) in [4.78, 5) is 17.8. The lowest BCUT2D eigenvalue weighted by atomic mass is 10.3. The summed E-state index contributed by atoms with van der Waals surface area (Å²) in [6.07, 6.45) is 0.964. The van der Waals surface area contributed by atoms with Crippen LogP contribution in [0.15, 0.2) is 18.2 Å². The standard InChI is InChI=1S/C12H20N4O/c1-3-7-16(9-12(17)14-2)11-6-4-5-10(8-13)15-11/h4-6H,3,7-9,13H2,1-2H3,(H,14,17). The number of amides is 1. The number of hydrogen-bond donors (Lipinski definition) is 2. The molecule has 0 saturated carbocycles. The molecule has 0 aliphatic carbocycles. The van der Waals surface area contributed by atoms with Crippen molar-refractivity contribution in [2.24, 2.45) is 5.73 Å². The number of hydrogen-bond acceptors (Lipinski definition) is 4. The number of likely N-dealkylation sites (N-methyl/N-ethyl adjacent to an activating group) is 1. The number of pyridine rings is 1. The van der Waals surface area contributed by atoms with E-state index in [1.165, 1.54) is 0 Å². The first-order chi connectivity index (χ1) is 8.21. The van der Waals surface area contributed by atoms with Gasteiger partial charge in [-0.05, 0) is 18.6 Å². The molecular formula is C12H20N4O. The van der Waals surface area contributed by atoms with E-state index in [1.807, 2.05) is 23.1 Å². The zero-order chi connectivity index (χ0) is 12.7. The van der Waals surface area contributed by atoms with Crippen molar-refractivity contribution in [3.05, 3.63) is 23.9 Å². The van der Waals surface area contributed by atoms with E-state index in [2.05, 4.69) is 17.2 Å². The van der Waals surface area contributed by atoms with Crippen molar-refractivity contribution in [2.45, 2.75) is 19.9 Å². The summed E-state index contributed by atoms with van der Waals surface area (Å²) in [5.41, 5.74) is 6.39. The Morgan fingerprint density at radius 1 is 1.53 bits per heavy atom. The maximum absolute atomic E-state index is 11.4. The Labute approximate surface area is 102 Å². The van der Waals surface area contributed by atoms with Crippen LogP contribution in [0.5, 0.6) is 0 Å². The Bertz CT molecular complexity index is 367. The molecule has 0 aliphatic rings. The fourth-order valence-electron chi connectivity index (χ4n) is 1.55. The van der Waals surface area contributed by atoms with E-state index < -0.39 is 0 Å². The van der Waals surface area contributed by atoms with Gasteiger partial charge in [0.15, 0.2) is 0 Å². The minimum absolute atomic E-state index is 0.0154. The van der Waals surface area contributed by atoms with Gasteiger partial charge in [0.1, 0.15) is 5.82 Å². The van der Waals surface area contributed by atoms with Gasteiger partial charge in [0.25, 0.3) is 0 Å². The summed E-state index contributed by atoms with van der Waals surface area (Å²) in [6, 6.07) is 5.70. The molecule has 1 aromatic heterocycles. The number of carbonyl (C=O) groups excluding carboxylic acids is 1. The van der Waals surface area contributed by atoms with Crippen molar-refractivity contribution in [3.8, 4) is 0 Å². The van der Waals surface area contributed by atoms with Gasteiger partial charge in [-0.2, -0.15) is 0 Å². The van der Waals surface area contributed by atoms with Gasteiger partial charge in [-0.15, -0.1) is 0 Å². The van der Waals surface area contributed by atoms with Crippen LogP contribution in [0.2, 0.25) is 0 Å². The highest BCUT2D eigenvalue weighted by atomic mass is 16.1. The highest BCUT2D eigenvalue weighted by Gasteiger charge is 2.11. The number of aromatic nitrogens is 1. The third-order valence-electron chi connectivity index (χ3n) is 2.43. The van der Waals surface area contributed by atoms with Crippen LogP contribution in [0.25, 0.3) is 0 Å². The van der Waals surface area contributed by atoms with Gasteiger partial charge >= 0.3 is 0 Å². The molecule has 0 bridgehead atoms. The second-order valence-electron chi connectivity index (χ2n) is 3.79. The van der Waals surface area contributed by atoms with Crippen molar-refractivity contribution < 1.29 is 4.79 Å². The second kappa shape index (κ2) is 6.85. The van der Waals surface area contributed by atoms with Gasteiger partial charge in [-0.25, -0.2) is 4.98 Å². The number of carbonyl (C=O) groups is 1. The highest BCUT2D eigenvalue weighted by Crippen LogP contribution is 2.11. The summed E-state index contributed by atoms with van der Waals surface area (Å²) in [6.45, 7) is 3.61. The Morgan fingerprint density at radius 3 is 2.88 bits per heavy atom. The molecule has 5 heteroatoms. The molecule has 17 heavy (non-hydrogen) atoms. The molecule has 3 N–H and O–H groups in total. The average Bonchev–Trinajstić information content (AvgIpc) is 2.38. The Morgan fingerprint density at radius 2 is 2.29 bits per heavy atom. The molecule has 5 nitrogen and oxygen atoms in total. The second-order valence-corrected chi connectivity index (χ2v) is 3.79. The van der Waals surface area contributed by atoms with Crippen molar-refractivity contribution in [3.63, 3.8) is 0 Å². The van der Waals surface area contributed by atoms with E-state index in [4.69, 9.17) is 5.73 Å². The van der Waals surface area contributed by atoms with E-state index in [1.54, 1.807) is 7.05 Å². The minimum atomic E-state index is -0.0154. The maximum Gasteiger partial charge on any atom is 0.239 e. The number of nitrogens with one attached hydrogen (secondary N) is 1. The average molecular weight is 236 g/mol. The lowest BCUT2D eigenvalue weighted by molar-refractivity contribution is -0.119. The lowest BCUT2D eigenvalue weighted by Crippen LogP contribution is -2.36. The molecule has 0 unspecified atom stereocenters. The molecular weight excluding hydrogens is 216 g/mol. The third-order valence-corrected chi connectivity index (χ3v) is 2.43. The SMILES string of the molecule is CCCN(CC(=O)NC)c1cccc(CN)n1. The van der Waals surface area contributed by atoms with Crippen LogP contribution in [-0.4, -0.2) is 31.0 Å². The maximum atomic E-state index is 11.4. The smallest absolute Gasteiger partial charge is 0.239 e. The van der Waals surface area contributed by atoms with Gasteiger partial charge < -0.3 is 16.0 Å². The first kappa shape index (κ1) is 13.4. The van der Waals surface area contributed by atoms with Crippen molar-refractivity contribution in [2.75, 3.05) is 25.0 Å². The number of nitrogens with two attached hydrogens (primary N) is 1. The monoisotopic (exact) mass is 236 g/mol. The summed E-state index contributed by atoms with van der Waals surface area (Å²) in [5, 5.41) is 2.62. The van der Waals surface area contributed by atoms with E-state index in [0.29, 0.717) is 13.1 Å². The minimum Gasteiger partial charge on any atom is -0.358 e. The molecule has 0 atom stereocenters. The van der Waals surface area contributed by atoms with Crippen molar-refractivity contribution in [1.29, 1.82) is 0 Å². The predicted octanol–water partition coefficient (Wildman–Crippen LogP) is 0.503. The summed E-state index contributed by atoms with van der Waals surface area (Å²) < 4.78 is 0. The molecule has 0 radical (unpaired) electrons. The molecule has 0 saturated heterocycles. The topological polar surface area (TPSA) is 71.2 Å². The fourth-order valence-corrected chi connectivity index (χ4v) is 1.55. The first-order valence-corrected chi connectivity index (χ1v) is 5.82. The fraction of sp³-hybridized carbons (Fsp3) is 0.500. The molecule has 1 amide bonds. The number of nitrogens with zero attached hydrogens (tertiary/aromatic N) is 2. The van der Waals surface area contributed by atoms with Gasteiger partial charge in [-0.3, -0.25) is 4.79 Å². The van der Waals surface area contributed by atoms with Gasteiger partial charge in [0, 0.05) is 20.1 Å². The molecule has 1 heterocycles. The van der Waals surface area contributed by atoms with E-state index in [9.17, 15) is 4.79 Å². The molecule has 0 spiro atoms. The van der Waals surface area contributed by atoms with Crippen LogP contribution in [0.4, 0.5) is 5.82 Å². The van der Waals surface area contributed by atoms with Crippen LogP contribution in [0.1, 0.15) is 19.0 Å². The quantitative estimate of drug-likeness (QED) is 0.754. The Kier molecular flexibility index (Phi) is 5.42. The predicted molar refractivity (Wildman–Crippen MR) is 68.7 cm³/mol. The molecule has 0 aliphatic heterocycles. The summed E-state index contributed by atoms with van der Waals surface area (Å²) in [5.74, 6) is 0.789. The molecule has 94 valence electrons. The van der Waals surface area contributed by atoms with Crippen molar-refractivity contribution in [1.82, 2.24) is 10.3 Å². The molecule has 0 fully saturated rings. The molecule has 0 aromatic carbocycles. The van der Waals surface area contributed by atoms with Gasteiger partial charge in [0.2, 0.25) is 5.91 Å². The Balaban J connectivity index is 2.84. The summed E-state index contributed by atoms with van der Waals surface area (Å²) in [7, 11) is 1.64. The zero-order valence-electron chi connectivity index (χ0n) is 10.4. The van der Waals surface area contributed by atoms with E-state index >= 15 is 0 Å². The van der Waals surface area contributed by atoms with Crippen LogP contribution in [0.3, 0.4) is 0 Å². The van der Waals surface area contributed by atoms with E-state index in [0.717, 1.165) is 24.5 Å². The number of rotatable bonds is 6. The van der Waals surface area contributed by atoms with Crippen molar-refractivity contribution >= 4 is 11.7 Å². The molecule has 1 rings (SSSR count). The number of anilines is 1. The zero-order valence-corrected chi connectivity index (χ0v) is 10.4. The third kappa shape index (κ3) is 4.03. The van der Waals surface area contributed by atoms with Crippen LogP contribution >= 0.6 is 0 Å². The first-order valence-electron chi connectivity index (χ1n) is 5.82. The molecule has 1 aromatic rings. The van der Waals surface area contributed by atoms with Gasteiger partial charge in [0.05, 0.1) is 12.2 Å². The van der Waals surface area contributed by atoms with E-state index in [-0.39, 0.29) is 5.91 Å². The largest absolute Gasteiger partial charge is 0.358 e. The normalized spacial score (nSPS) is 10.1. The highest BCUT2D eigenvalue weighted by molar-refractivity contribution is 5.80. The van der Waals surface area contributed by atoms with Crippen LogP contribution < -0.4 is 16.0 Å². The lowest BCUT2D eigenvalue weighted by Gasteiger charge is -2.22. The Hall–Kier alpha value is -1.62.